The zero-order valence-corrected chi connectivity index (χ0v) is 9.93. The maximum atomic E-state index is 11.7. The molecule has 0 bridgehead atoms. The molecule has 0 saturated heterocycles. The van der Waals surface area contributed by atoms with E-state index < -0.39 is 0 Å². The van der Waals surface area contributed by atoms with Crippen molar-refractivity contribution in [3.8, 4) is 5.69 Å². The van der Waals surface area contributed by atoms with Gasteiger partial charge in [0.2, 0.25) is 0 Å². The van der Waals surface area contributed by atoms with Gasteiger partial charge in [-0.2, -0.15) is 0 Å². The van der Waals surface area contributed by atoms with E-state index in [1.54, 1.807) is 3.96 Å². The molecule has 0 amide bonds. The first-order valence-corrected chi connectivity index (χ1v) is 5.70. The molecule has 0 aliphatic carbocycles. The van der Waals surface area contributed by atoms with Crippen molar-refractivity contribution in [2.24, 2.45) is 0 Å². The summed E-state index contributed by atoms with van der Waals surface area (Å²) in [5, 5.41) is 0. The van der Waals surface area contributed by atoms with Crippen LogP contribution in [0.3, 0.4) is 0 Å². The monoisotopic (exact) mass is 269 g/mol. The van der Waals surface area contributed by atoms with Crippen LogP contribution in [-0.4, -0.2) is 3.96 Å². The smallest absolute Gasteiger partial charge is 0.268 e. The van der Waals surface area contributed by atoms with Gasteiger partial charge in [0.1, 0.15) is 0 Å². The highest BCUT2D eigenvalue weighted by atomic mass is 79.9. The van der Waals surface area contributed by atoms with Crippen LogP contribution >= 0.6 is 27.5 Å². The van der Waals surface area contributed by atoms with Gasteiger partial charge in [0.15, 0.2) is 0 Å². The molecular formula is C10H8BrNOS. The van der Waals surface area contributed by atoms with Crippen molar-refractivity contribution in [1.82, 2.24) is 3.96 Å². The predicted molar refractivity (Wildman–Crippen MR) is 62.4 cm³/mol. The maximum Gasteiger partial charge on any atom is 0.269 e. The summed E-state index contributed by atoms with van der Waals surface area (Å²) < 4.78 is 2.57. The molecule has 0 aliphatic rings. The SMILES string of the molecule is Cc1c(Br)sn(-c2ccccc2)c1=O. The first-order valence-electron chi connectivity index (χ1n) is 4.14. The van der Waals surface area contributed by atoms with Gasteiger partial charge in [-0.15, -0.1) is 0 Å². The minimum atomic E-state index is 0.0491. The van der Waals surface area contributed by atoms with E-state index in [1.807, 2.05) is 37.3 Å². The second-order valence-corrected chi connectivity index (χ2v) is 5.20. The summed E-state index contributed by atoms with van der Waals surface area (Å²) in [6.45, 7) is 1.82. The lowest BCUT2D eigenvalue weighted by molar-refractivity contribution is 1.11. The van der Waals surface area contributed by atoms with Gasteiger partial charge in [-0.1, -0.05) is 18.2 Å². The first kappa shape index (κ1) is 9.68. The van der Waals surface area contributed by atoms with Crippen molar-refractivity contribution >= 4 is 27.5 Å². The van der Waals surface area contributed by atoms with Gasteiger partial charge in [-0.05, 0) is 46.5 Å². The number of para-hydroxylation sites is 1. The van der Waals surface area contributed by atoms with Crippen molar-refractivity contribution in [2.75, 3.05) is 0 Å². The van der Waals surface area contributed by atoms with Crippen molar-refractivity contribution in [3.05, 3.63) is 50.0 Å². The quantitative estimate of drug-likeness (QED) is 0.780. The third-order valence-electron chi connectivity index (χ3n) is 1.96. The number of rotatable bonds is 1. The van der Waals surface area contributed by atoms with E-state index in [4.69, 9.17) is 0 Å². The largest absolute Gasteiger partial charge is 0.269 e. The fourth-order valence-electron chi connectivity index (χ4n) is 1.16. The number of hydrogen-bond acceptors (Lipinski definition) is 2. The van der Waals surface area contributed by atoms with Crippen LogP contribution in [0.25, 0.3) is 5.69 Å². The molecule has 72 valence electrons. The van der Waals surface area contributed by atoms with Gasteiger partial charge in [0.25, 0.3) is 5.56 Å². The Bertz CT molecular complexity index is 501. The fourth-order valence-corrected chi connectivity index (χ4v) is 2.60. The zero-order valence-electron chi connectivity index (χ0n) is 7.53. The molecule has 1 aromatic carbocycles. The summed E-state index contributed by atoms with van der Waals surface area (Å²) in [5.41, 5.74) is 1.73. The Morgan fingerprint density at radius 3 is 2.43 bits per heavy atom. The molecule has 2 nitrogen and oxygen atoms in total. The number of hydrogen-bond donors (Lipinski definition) is 0. The van der Waals surface area contributed by atoms with E-state index in [1.165, 1.54) is 11.5 Å². The van der Waals surface area contributed by atoms with Gasteiger partial charge < -0.3 is 0 Å². The van der Waals surface area contributed by atoms with Crippen LogP contribution in [0.1, 0.15) is 5.56 Å². The summed E-state index contributed by atoms with van der Waals surface area (Å²) >= 11 is 4.78. The van der Waals surface area contributed by atoms with E-state index >= 15 is 0 Å². The normalized spacial score (nSPS) is 10.4. The average Bonchev–Trinajstić information content (AvgIpc) is 2.47. The lowest BCUT2D eigenvalue weighted by Crippen LogP contribution is -2.12. The van der Waals surface area contributed by atoms with Gasteiger partial charge in [0, 0.05) is 5.56 Å². The molecule has 0 aliphatic heterocycles. The van der Waals surface area contributed by atoms with Crippen LogP contribution in [0.2, 0.25) is 0 Å². The highest BCUT2D eigenvalue weighted by Crippen LogP contribution is 2.21. The molecule has 0 radical (unpaired) electrons. The van der Waals surface area contributed by atoms with E-state index in [0.29, 0.717) is 0 Å². The van der Waals surface area contributed by atoms with Gasteiger partial charge in [-0.3, -0.25) is 4.79 Å². The second-order valence-electron chi connectivity index (χ2n) is 2.93. The lowest BCUT2D eigenvalue weighted by atomic mass is 10.3. The topological polar surface area (TPSA) is 22.0 Å². The second kappa shape index (κ2) is 3.71. The highest BCUT2D eigenvalue weighted by molar-refractivity contribution is 9.11. The Kier molecular flexibility index (Phi) is 2.56. The zero-order chi connectivity index (χ0) is 10.1. The Morgan fingerprint density at radius 2 is 1.93 bits per heavy atom. The molecule has 0 N–H and O–H groups in total. The van der Waals surface area contributed by atoms with E-state index in [-0.39, 0.29) is 5.56 Å². The van der Waals surface area contributed by atoms with Crippen molar-refractivity contribution in [3.63, 3.8) is 0 Å². The fraction of sp³-hybridized carbons (Fsp3) is 0.100. The molecule has 0 spiro atoms. The summed E-state index contributed by atoms with van der Waals surface area (Å²) in [6.07, 6.45) is 0. The summed E-state index contributed by atoms with van der Waals surface area (Å²) in [5.74, 6) is 0. The molecule has 0 unspecified atom stereocenters. The van der Waals surface area contributed by atoms with Crippen LogP contribution in [0.5, 0.6) is 0 Å². The third kappa shape index (κ3) is 1.55. The molecule has 0 atom stereocenters. The Morgan fingerprint density at radius 1 is 1.29 bits per heavy atom. The Hall–Kier alpha value is -0.870. The molecular weight excluding hydrogens is 262 g/mol. The predicted octanol–water partition coefficient (Wildman–Crippen LogP) is 2.97. The van der Waals surface area contributed by atoms with Gasteiger partial charge in [0.05, 0.1) is 9.47 Å². The number of nitrogens with zero attached hydrogens (tertiary/aromatic N) is 1. The van der Waals surface area contributed by atoms with E-state index in [2.05, 4.69) is 15.9 Å². The average molecular weight is 270 g/mol. The molecule has 0 saturated carbocycles. The van der Waals surface area contributed by atoms with E-state index in [0.717, 1.165) is 15.0 Å². The first-order chi connectivity index (χ1) is 6.70. The molecule has 4 heteroatoms. The van der Waals surface area contributed by atoms with Crippen molar-refractivity contribution in [1.29, 1.82) is 0 Å². The van der Waals surface area contributed by atoms with Crippen LogP contribution in [-0.2, 0) is 0 Å². The minimum absolute atomic E-state index is 0.0491. The van der Waals surface area contributed by atoms with Crippen molar-refractivity contribution in [2.45, 2.75) is 6.92 Å². The highest BCUT2D eigenvalue weighted by Gasteiger charge is 2.09. The molecule has 1 aromatic heterocycles. The molecule has 2 aromatic rings. The molecule has 2 rings (SSSR count). The number of benzene rings is 1. The van der Waals surface area contributed by atoms with Crippen LogP contribution in [0, 0.1) is 6.92 Å². The van der Waals surface area contributed by atoms with Gasteiger partial charge >= 0.3 is 0 Å². The molecule has 0 fully saturated rings. The van der Waals surface area contributed by atoms with Crippen LogP contribution in [0.4, 0.5) is 0 Å². The standard InChI is InChI=1S/C10H8BrNOS/c1-7-9(11)14-12(10(7)13)8-5-3-2-4-6-8/h2-6H,1H3. The van der Waals surface area contributed by atoms with Crippen molar-refractivity contribution < 1.29 is 0 Å². The maximum absolute atomic E-state index is 11.7. The summed E-state index contributed by atoms with van der Waals surface area (Å²) in [4.78, 5) is 11.7. The van der Waals surface area contributed by atoms with Gasteiger partial charge in [-0.25, -0.2) is 3.96 Å². The van der Waals surface area contributed by atoms with E-state index in [9.17, 15) is 4.79 Å². The number of aromatic nitrogens is 1. The Balaban J connectivity index is 2.64. The molecule has 1 heterocycles. The minimum Gasteiger partial charge on any atom is -0.268 e. The summed E-state index contributed by atoms with van der Waals surface area (Å²) in [7, 11) is 0. The Labute approximate surface area is 94.1 Å². The lowest BCUT2D eigenvalue weighted by Gasteiger charge is -1.97. The number of halogens is 1. The van der Waals surface area contributed by atoms with Crippen LogP contribution in [0.15, 0.2) is 38.9 Å². The van der Waals surface area contributed by atoms with Crippen LogP contribution < -0.4 is 5.56 Å². The molecule has 14 heavy (non-hydrogen) atoms. The summed E-state index contributed by atoms with van der Waals surface area (Å²) in [6, 6.07) is 9.62. The third-order valence-corrected chi connectivity index (χ3v) is 4.02.